The number of nitrogens with one attached hydrogen (secondary N) is 1. The first-order valence-electron chi connectivity index (χ1n) is 6.25. The average Bonchev–Trinajstić information content (AvgIpc) is 2.79. The van der Waals surface area contributed by atoms with Gasteiger partial charge in [-0.15, -0.1) is 12.6 Å². The Morgan fingerprint density at radius 1 is 1.44 bits per heavy atom. The van der Waals surface area contributed by atoms with Crippen LogP contribution >= 0.6 is 24.4 Å². The van der Waals surface area contributed by atoms with Crippen molar-refractivity contribution in [3.63, 3.8) is 0 Å². The summed E-state index contributed by atoms with van der Waals surface area (Å²) in [6.07, 6.45) is 5.63. The summed E-state index contributed by atoms with van der Waals surface area (Å²) in [4.78, 5) is 13.1. The van der Waals surface area contributed by atoms with Crippen LogP contribution in [0.2, 0.25) is 0 Å². The number of thiol groups is 1. The highest BCUT2D eigenvalue weighted by Gasteiger charge is 2.28. The summed E-state index contributed by atoms with van der Waals surface area (Å²) in [7, 11) is 0. The fourth-order valence-corrected chi connectivity index (χ4v) is 3.61. The molecule has 2 unspecified atom stereocenters. The predicted octanol–water partition coefficient (Wildman–Crippen LogP) is 3.30. The number of hydrogen-bond acceptors (Lipinski definition) is 3. The lowest BCUT2D eigenvalue weighted by Gasteiger charge is -2.19. The van der Waals surface area contributed by atoms with Gasteiger partial charge in [0.1, 0.15) is 0 Å². The van der Waals surface area contributed by atoms with E-state index < -0.39 is 0 Å². The second-order valence-corrected chi connectivity index (χ2v) is 6.38. The summed E-state index contributed by atoms with van der Waals surface area (Å²) in [5.74, 6) is 0.0364. The van der Waals surface area contributed by atoms with Crippen LogP contribution in [0.25, 0.3) is 0 Å². The monoisotopic (exact) mass is 281 g/mol. The normalized spacial score (nSPS) is 23.1. The van der Waals surface area contributed by atoms with Gasteiger partial charge in [-0.25, -0.2) is 0 Å². The first-order valence-corrected chi connectivity index (χ1v) is 7.98. The Morgan fingerprint density at radius 3 is 2.94 bits per heavy atom. The summed E-state index contributed by atoms with van der Waals surface area (Å²) in [5.41, 5.74) is 1.75. The van der Waals surface area contributed by atoms with Crippen molar-refractivity contribution in [2.75, 3.05) is 6.26 Å². The average molecular weight is 281 g/mol. The molecule has 1 saturated carbocycles. The SMILES string of the molecule is CSC1CCCC1NC(=O)c1cc(S)ccc1C. The van der Waals surface area contributed by atoms with Crippen LogP contribution in [0.4, 0.5) is 0 Å². The Morgan fingerprint density at radius 2 is 2.22 bits per heavy atom. The zero-order chi connectivity index (χ0) is 13.1. The van der Waals surface area contributed by atoms with Gasteiger partial charge in [-0.05, 0) is 43.7 Å². The first-order chi connectivity index (χ1) is 8.61. The number of rotatable bonds is 3. The molecule has 0 bridgehead atoms. The molecule has 0 aromatic heterocycles. The molecule has 4 heteroatoms. The summed E-state index contributed by atoms with van der Waals surface area (Å²) in [6, 6.07) is 6.01. The molecule has 1 aromatic rings. The second-order valence-electron chi connectivity index (χ2n) is 4.78. The number of carbonyl (C=O) groups is 1. The van der Waals surface area contributed by atoms with Crippen LogP contribution in [0.5, 0.6) is 0 Å². The van der Waals surface area contributed by atoms with E-state index in [1.807, 2.05) is 36.9 Å². The molecule has 1 aliphatic carbocycles. The highest BCUT2D eigenvalue weighted by molar-refractivity contribution is 7.99. The molecular formula is C14H19NOS2. The molecule has 1 aromatic carbocycles. The van der Waals surface area contributed by atoms with Crippen molar-refractivity contribution in [3.05, 3.63) is 29.3 Å². The minimum atomic E-state index is 0.0364. The zero-order valence-corrected chi connectivity index (χ0v) is 12.5. The lowest BCUT2D eigenvalue weighted by atomic mass is 10.1. The molecule has 0 aliphatic heterocycles. The molecule has 98 valence electrons. The van der Waals surface area contributed by atoms with Crippen LogP contribution in [0.15, 0.2) is 23.1 Å². The Labute approximate surface area is 118 Å². The van der Waals surface area contributed by atoms with Gasteiger partial charge in [-0.1, -0.05) is 12.5 Å². The summed E-state index contributed by atoms with van der Waals surface area (Å²) in [6.45, 7) is 1.96. The van der Waals surface area contributed by atoms with E-state index in [2.05, 4.69) is 24.2 Å². The third kappa shape index (κ3) is 3.04. The topological polar surface area (TPSA) is 29.1 Å². The minimum Gasteiger partial charge on any atom is -0.348 e. The molecular weight excluding hydrogens is 262 g/mol. The van der Waals surface area contributed by atoms with E-state index in [-0.39, 0.29) is 5.91 Å². The molecule has 0 spiro atoms. The lowest BCUT2D eigenvalue weighted by molar-refractivity contribution is 0.0938. The third-order valence-corrected chi connectivity index (χ3v) is 4.99. The summed E-state index contributed by atoms with van der Waals surface area (Å²) < 4.78 is 0. The maximum absolute atomic E-state index is 12.3. The van der Waals surface area contributed by atoms with Gasteiger partial charge in [0.05, 0.1) is 0 Å². The molecule has 18 heavy (non-hydrogen) atoms. The molecule has 2 atom stereocenters. The van der Waals surface area contributed by atoms with Gasteiger partial charge in [0.15, 0.2) is 0 Å². The second kappa shape index (κ2) is 6.02. The van der Waals surface area contributed by atoms with Crippen molar-refractivity contribution < 1.29 is 4.79 Å². The molecule has 1 amide bonds. The Balaban J connectivity index is 2.09. The number of carbonyl (C=O) groups excluding carboxylic acids is 1. The van der Waals surface area contributed by atoms with Gasteiger partial charge < -0.3 is 5.32 Å². The minimum absolute atomic E-state index is 0.0364. The maximum Gasteiger partial charge on any atom is 0.251 e. The van der Waals surface area contributed by atoms with Crippen molar-refractivity contribution in [1.29, 1.82) is 0 Å². The molecule has 2 nitrogen and oxygen atoms in total. The van der Waals surface area contributed by atoms with E-state index in [9.17, 15) is 4.79 Å². The molecule has 2 rings (SSSR count). The first kappa shape index (κ1) is 13.8. The van der Waals surface area contributed by atoms with Crippen LogP contribution in [0, 0.1) is 6.92 Å². The van der Waals surface area contributed by atoms with Gasteiger partial charge in [-0.3, -0.25) is 4.79 Å². The standard InChI is InChI=1S/C14H19NOS2/c1-9-6-7-10(17)8-11(9)14(16)15-12-4-3-5-13(12)18-2/h6-8,12-13,17H,3-5H2,1-2H3,(H,15,16). The molecule has 0 heterocycles. The number of thioether (sulfide) groups is 1. The van der Waals surface area contributed by atoms with Gasteiger partial charge in [0, 0.05) is 21.8 Å². The summed E-state index contributed by atoms with van der Waals surface area (Å²) >= 11 is 6.15. The van der Waals surface area contributed by atoms with Crippen LogP contribution < -0.4 is 5.32 Å². The van der Waals surface area contributed by atoms with E-state index in [1.165, 1.54) is 12.8 Å². The van der Waals surface area contributed by atoms with Crippen molar-refractivity contribution in [3.8, 4) is 0 Å². The Hall–Kier alpha value is -0.610. The molecule has 1 N–H and O–H groups in total. The highest BCUT2D eigenvalue weighted by Crippen LogP contribution is 2.28. The van der Waals surface area contributed by atoms with E-state index >= 15 is 0 Å². The number of benzene rings is 1. The molecule has 1 fully saturated rings. The third-order valence-electron chi connectivity index (χ3n) is 3.54. The predicted molar refractivity (Wildman–Crippen MR) is 80.8 cm³/mol. The number of aryl methyl sites for hydroxylation is 1. The van der Waals surface area contributed by atoms with E-state index in [0.717, 1.165) is 22.4 Å². The van der Waals surface area contributed by atoms with E-state index in [1.54, 1.807) is 0 Å². The van der Waals surface area contributed by atoms with Gasteiger partial charge in [-0.2, -0.15) is 11.8 Å². The molecule has 0 saturated heterocycles. The van der Waals surface area contributed by atoms with E-state index in [0.29, 0.717) is 11.3 Å². The Kier molecular flexibility index (Phi) is 4.62. The number of hydrogen-bond donors (Lipinski definition) is 2. The quantitative estimate of drug-likeness (QED) is 0.832. The fraction of sp³-hybridized carbons (Fsp3) is 0.500. The molecule has 0 radical (unpaired) electrons. The largest absolute Gasteiger partial charge is 0.348 e. The lowest BCUT2D eigenvalue weighted by Crippen LogP contribution is -2.38. The van der Waals surface area contributed by atoms with Crippen molar-refractivity contribution in [2.45, 2.75) is 42.4 Å². The van der Waals surface area contributed by atoms with Crippen molar-refractivity contribution in [2.24, 2.45) is 0 Å². The Bertz CT molecular complexity index is 447. The van der Waals surface area contributed by atoms with Crippen molar-refractivity contribution in [1.82, 2.24) is 5.32 Å². The summed E-state index contributed by atoms with van der Waals surface area (Å²) in [5, 5.41) is 3.73. The van der Waals surface area contributed by atoms with Crippen LogP contribution in [-0.2, 0) is 0 Å². The highest BCUT2D eigenvalue weighted by atomic mass is 32.2. The fourth-order valence-electron chi connectivity index (χ4n) is 2.47. The van der Waals surface area contributed by atoms with Gasteiger partial charge in [0.25, 0.3) is 5.91 Å². The van der Waals surface area contributed by atoms with Crippen LogP contribution in [0.1, 0.15) is 35.2 Å². The van der Waals surface area contributed by atoms with Gasteiger partial charge in [0.2, 0.25) is 0 Å². The van der Waals surface area contributed by atoms with Crippen molar-refractivity contribution >= 4 is 30.3 Å². The van der Waals surface area contributed by atoms with Gasteiger partial charge >= 0.3 is 0 Å². The smallest absolute Gasteiger partial charge is 0.251 e. The molecule has 1 aliphatic rings. The van der Waals surface area contributed by atoms with E-state index in [4.69, 9.17) is 0 Å². The maximum atomic E-state index is 12.3. The zero-order valence-electron chi connectivity index (χ0n) is 10.8. The number of amides is 1. The van der Waals surface area contributed by atoms with Crippen LogP contribution in [0.3, 0.4) is 0 Å². The van der Waals surface area contributed by atoms with Crippen LogP contribution in [-0.4, -0.2) is 23.5 Å².